The third kappa shape index (κ3) is 4.70. The van der Waals surface area contributed by atoms with Crippen molar-refractivity contribution in [2.24, 2.45) is 0 Å². The second kappa shape index (κ2) is 9.65. The lowest BCUT2D eigenvalue weighted by atomic mass is 10.2. The first-order valence-corrected chi connectivity index (χ1v) is 9.81. The summed E-state index contributed by atoms with van der Waals surface area (Å²) in [5, 5.41) is 11.0. The normalized spacial score (nSPS) is 10.4. The number of hydrogen-bond acceptors (Lipinski definition) is 7. The lowest BCUT2D eigenvalue weighted by Gasteiger charge is -2.13. The van der Waals surface area contributed by atoms with Gasteiger partial charge in [0.2, 0.25) is 5.89 Å². The Bertz CT molecular complexity index is 1210. The maximum Gasteiger partial charge on any atom is 0.262 e. The molecular formula is C24H21N3O5. The van der Waals surface area contributed by atoms with Gasteiger partial charge in [-0.05, 0) is 36.4 Å². The van der Waals surface area contributed by atoms with Gasteiger partial charge in [0, 0.05) is 11.6 Å². The highest BCUT2D eigenvalue weighted by atomic mass is 16.5. The van der Waals surface area contributed by atoms with Crippen LogP contribution in [0.15, 0.2) is 77.2 Å². The van der Waals surface area contributed by atoms with Gasteiger partial charge in [0.25, 0.3) is 11.8 Å². The Hall–Kier alpha value is -4.33. The summed E-state index contributed by atoms with van der Waals surface area (Å²) in [5.74, 6) is 1.92. The van der Waals surface area contributed by atoms with Crippen LogP contribution >= 0.6 is 0 Å². The van der Waals surface area contributed by atoms with E-state index in [9.17, 15) is 4.79 Å². The molecule has 1 heterocycles. The fourth-order valence-corrected chi connectivity index (χ4v) is 3.03. The first kappa shape index (κ1) is 20.9. The second-order valence-corrected chi connectivity index (χ2v) is 6.68. The molecule has 1 aromatic heterocycles. The Kier molecular flexibility index (Phi) is 6.31. The summed E-state index contributed by atoms with van der Waals surface area (Å²) in [4.78, 5) is 12.5. The van der Waals surface area contributed by atoms with Gasteiger partial charge in [-0.25, -0.2) is 0 Å². The fourth-order valence-electron chi connectivity index (χ4n) is 3.03. The molecule has 0 fully saturated rings. The third-order valence-electron chi connectivity index (χ3n) is 4.60. The SMILES string of the molecule is COc1ccc(NC(=O)COc2ccccc2-c2nnc(-c3ccccc3)o2)c(OC)c1. The van der Waals surface area contributed by atoms with Crippen molar-refractivity contribution in [3.63, 3.8) is 0 Å². The number of amides is 1. The number of rotatable bonds is 8. The van der Waals surface area contributed by atoms with E-state index in [2.05, 4.69) is 15.5 Å². The molecule has 0 aliphatic carbocycles. The van der Waals surface area contributed by atoms with E-state index in [1.807, 2.05) is 36.4 Å². The van der Waals surface area contributed by atoms with Crippen molar-refractivity contribution in [3.8, 4) is 40.2 Å². The highest BCUT2D eigenvalue weighted by Gasteiger charge is 2.16. The number of benzene rings is 3. The predicted molar refractivity (Wildman–Crippen MR) is 119 cm³/mol. The van der Waals surface area contributed by atoms with Crippen molar-refractivity contribution < 1.29 is 23.4 Å². The van der Waals surface area contributed by atoms with Crippen molar-refractivity contribution in [3.05, 3.63) is 72.8 Å². The average molecular weight is 431 g/mol. The molecule has 162 valence electrons. The van der Waals surface area contributed by atoms with Crippen LogP contribution in [-0.2, 0) is 4.79 Å². The van der Waals surface area contributed by atoms with E-state index in [1.54, 1.807) is 43.5 Å². The number of aromatic nitrogens is 2. The maximum absolute atomic E-state index is 12.5. The maximum atomic E-state index is 12.5. The van der Waals surface area contributed by atoms with Gasteiger partial charge in [-0.2, -0.15) is 0 Å². The number of hydrogen-bond donors (Lipinski definition) is 1. The Morgan fingerprint density at radius 3 is 2.41 bits per heavy atom. The van der Waals surface area contributed by atoms with Gasteiger partial charge in [0.05, 0.1) is 25.5 Å². The summed E-state index contributed by atoms with van der Waals surface area (Å²) in [6.45, 7) is -0.216. The van der Waals surface area contributed by atoms with Crippen LogP contribution < -0.4 is 19.5 Å². The first-order chi connectivity index (χ1) is 15.7. The molecule has 0 saturated heterocycles. The number of nitrogens with one attached hydrogen (secondary N) is 1. The monoisotopic (exact) mass is 431 g/mol. The molecular weight excluding hydrogens is 410 g/mol. The Morgan fingerprint density at radius 1 is 0.875 bits per heavy atom. The van der Waals surface area contributed by atoms with Crippen LogP contribution in [0.5, 0.6) is 17.2 Å². The molecule has 1 amide bonds. The minimum Gasteiger partial charge on any atom is -0.497 e. The van der Waals surface area contributed by atoms with Gasteiger partial charge in [0.1, 0.15) is 17.2 Å². The standard InChI is InChI=1S/C24H21N3O5/c1-29-17-12-13-19(21(14-17)30-2)25-22(28)15-31-20-11-7-6-10-18(20)24-27-26-23(32-24)16-8-4-3-5-9-16/h3-14H,15H2,1-2H3,(H,25,28). The Balaban J connectivity index is 1.46. The largest absolute Gasteiger partial charge is 0.497 e. The molecule has 0 radical (unpaired) electrons. The van der Waals surface area contributed by atoms with Crippen LogP contribution in [0, 0.1) is 0 Å². The molecule has 0 aliphatic heterocycles. The molecule has 0 aliphatic rings. The molecule has 32 heavy (non-hydrogen) atoms. The lowest BCUT2D eigenvalue weighted by molar-refractivity contribution is -0.118. The zero-order valence-electron chi connectivity index (χ0n) is 17.6. The highest BCUT2D eigenvalue weighted by Crippen LogP contribution is 2.31. The van der Waals surface area contributed by atoms with Crippen molar-refractivity contribution in [2.45, 2.75) is 0 Å². The van der Waals surface area contributed by atoms with Gasteiger partial charge in [-0.1, -0.05) is 30.3 Å². The molecule has 4 rings (SSSR count). The van der Waals surface area contributed by atoms with E-state index in [1.165, 1.54) is 7.11 Å². The van der Waals surface area contributed by atoms with Crippen molar-refractivity contribution in [1.82, 2.24) is 10.2 Å². The molecule has 3 aromatic carbocycles. The van der Waals surface area contributed by atoms with Crippen LogP contribution in [0.25, 0.3) is 22.9 Å². The minimum absolute atomic E-state index is 0.216. The molecule has 1 N–H and O–H groups in total. The average Bonchev–Trinajstić information content (AvgIpc) is 3.34. The van der Waals surface area contributed by atoms with Gasteiger partial charge < -0.3 is 23.9 Å². The summed E-state index contributed by atoms with van der Waals surface area (Å²) in [5.41, 5.74) is 1.93. The summed E-state index contributed by atoms with van der Waals surface area (Å²) >= 11 is 0. The van der Waals surface area contributed by atoms with E-state index in [0.717, 1.165) is 5.56 Å². The van der Waals surface area contributed by atoms with Crippen LogP contribution in [0.2, 0.25) is 0 Å². The van der Waals surface area contributed by atoms with E-state index < -0.39 is 0 Å². The van der Waals surface area contributed by atoms with Crippen LogP contribution in [0.1, 0.15) is 0 Å². The van der Waals surface area contributed by atoms with Gasteiger partial charge >= 0.3 is 0 Å². The van der Waals surface area contributed by atoms with E-state index in [0.29, 0.717) is 40.3 Å². The van der Waals surface area contributed by atoms with Crippen molar-refractivity contribution >= 4 is 11.6 Å². The molecule has 0 atom stereocenters. The van der Waals surface area contributed by atoms with Gasteiger partial charge in [-0.3, -0.25) is 4.79 Å². The van der Waals surface area contributed by atoms with E-state index >= 15 is 0 Å². The zero-order chi connectivity index (χ0) is 22.3. The van der Waals surface area contributed by atoms with Gasteiger partial charge in [-0.15, -0.1) is 10.2 Å². The quantitative estimate of drug-likeness (QED) is 0.441. The Labute approximate surface area is 184 Å². The molecule has 0 unspecified atom stereocenters. The van der Waals surface area contributed by atoms with Crippen LogP contribution in [-0.4, -0.2) is 36.9 Å². The van der Waals surface area contributed by atoms with E-state index in [4.69, 9.17) is 18.6 Å². The molecule has 4 aromatic rings. The molecule has 8 nitrogen and oxygen atoms in total. The van der Waals surface area contributed by atoms with Crippen molar-refractivity contribution in [2.75, 3.05) is 26.1 Å². The van der Waals surface area contributed by atoms with E-state index in [-0.39, 0.29) is 12.5 Å². The summed E-state index contributed by atoms with van der Waals surface area (Å²) in [7, 11) is 3.08. The summed E-state index contributed by atoms with van der Waals surface area (Å²) in [6, 6.07) is 21.8. The third-order valence-corrected chi connectivity index (χ3v) is 4.60. The summed E-state index contributed by atoms with van der Waals surface area (Å²) < 4.78 is 22.0. The van der Waals surface area contributed by atoms with Crippen LogP contribution in [0.4, 0.5) is 5.69 Å². The highest BCUT2D eigenvalue weighted by molar-refractivity contribution is 5.93. The minimum atomic E-state index is -0.348. The number of carbonyl (C=O) groups excluding carboxylic acids is 1. The van der Waals surface area contributed by atoms with Gasteiger partial charge in [0.15, 0.2) is 6.61 Å². The zero-order valence-corrected chi connectivity index (χ0v) is 17.6. The van der Waals surface area contributed by atoms with Crippen LogP contribution in [0.3, 0.4) is 0 Å². The number of carbonyl (C=O) groups is 1. The number of anilines is 1. The Morgan fingerprint density at radius 2 is 1.62 bits per heavy atom. The molecule has 0 saturated carbocycles. The molecule has 8 heteroatoms. The topological polar surface area (TPSA) is 95.7 Å². The second-order valence-electron chi connectivity index (χ2n) is 6.68. The number of para-hydroxylation sites is 1. The number of ether oxygens (including phenoxy) is 3. The number of methoxy groups -OCH3 is 2. The lowest BCUT2D eigenvalue weighted by Crippen LogP contribution is -2.20. The summed E-state index contributed by atoms with van der Waals surface area (Å²) in [6.07, 6.45) is 0. The first-order valence-electron chi connectivity index (χ1n) is 9.81. The smallest absolute Gasteiger partial charge is 0.262 e. The number of nitrogens with zero attached hydrogens (tertiary/aromatic N) is 2. The molecule has 0 bridgehead atoms. The molecule has 0 spiro atoms. The predicted octanol–water partition coefficient (Wildman–Crippen LogP) is 4.44. The fraction of sp³-hybridized carbons (Fsp3) is 0.125. The van der Waals surface area contributed by atoms with Crippen molar-refractivity contribution in [1.29, 1.82) is 0 Å².